The molecule has 0 aliphatic heterocycles. The number of para-hydroxylation sites is 1. The molecule has 3 rings (SSSR count). The Bertz CT molecular complexity index is 1030. The van der Waals surface area contributed by atoms with Gasteiger partial charge >= 0.3 is 5.97 Å². The molecule has 0 aliphatic rings. The lowest BCUT2D eigenvalue weighted by molar-refractivity contribution is 0.0474. The number of aromatic amines is 1. The van der Waals surface area contributed by atoms with Crippen LogP contribution in [0.1, 0.15) is 40.3 Å². The molecule has 1 heterocycles. The van der Waals surface area contributed by atoms with Crippen LogP contribution in [0, 0.1) is 12.8 Å². The van der Waals surface area contributed by atoms with E-state index >= 15 is 0 Å². The van der Waals surface area contributed by atoms with E-state index in [0.29, 0.717) is 35.2 Å². The van der Waals surface area contributed by atoms with Gasteiger partial charge in [-0.3, -0.25) is 4.79 Å². The summed E-state index contributed by atoms with van der Waals surface area (Å²) in [6.07, 6.45) is 0. The van der Waals surface area contributed by atoms with Crippen LogP contribution in [0.2, 0.25) is 0 Å². The standard InChI is InChI=1S/C23H25NO5/c1-14(2)12-28-20-10-9-16(11-21(20)27-4)23(26)29-13-19(25)22-15(3)24-18-8-6-5-7-17(18)22/h5-11,14,24H,12-13H2,1-4H3. The van der Waals surface area contributed by atoms with E-state index in [9.17, 15) is 9.59 Å². The van der Waals surface area contributed by atoms with Gasteiger partial charge in [-0.15, -0.1) is 0 Å². The molecule has 1 N–H and O–H groups in total. The molecule has 0 saturated carbocycles. The second-order valence-electron chi connectivity index (χ2n) is 7.24. The average Bonchev–Trinajstić information content (AvgIpc) is 3.05. The highest BCUT2D eigenvalue weighted by molar-refractivity contribution is 6.10. The van der Waals surface area contributed by atoms with Gasteiger partial charge in [0.25, 0.3) is 0 Å². The van der Waals surface area contributed by atoms with E-state index in [2.05, 4.69) is 4.98 Å². The summed E-state index contributed by atoms with van der Waals surface area (Å²) in [5.41, 5.74) is 2.47. The zero-order valence-electron chi connectivity index (χ0n) is 17.1. The fraction of sp³-hybridized carbons (Fsp3) is 0.304. The summed E-state index contributed by atoms with van der Waals surface area (Å²) >= 11 is 0. The molecule has 29 heavy (non-hydrogen) atoms. The summed E-state index contributed by atoms with van der Waals surface area (Å²) in [6.45, 7) is 6.12. The third kappa shape index (κ3) is 4.59. The minimum absolute atomic E-state index is 0.253. The van der Waals surface area contributed by atoms with E-state index < -0.39 is 5.97 Å². The predicted molar refractivity (Wildman–Crippen MR) is 111 cm³/mol. The first kappa shape index (κ1) is 20.5. The van der Waals surface area contributed by atoms with Crippen molar-refractivity contribution in [1.29, 1.82) is 0 Å². The highest BCUT2D eigenvalue weighted by atomic mass is 16.5. The topological polar surface area (TPSA) is 77.6 Å². The Morgan fingerprint density at radius 3 is 2.55 bits per heavy atom. The van der Waals surface area contributed by atoms with Crippen molar-refractivity contribution in [3.63, 3.8) is 0 Å². The number of nitrogens with one attached hydrogen (secondary N) is 1. The van der Waals surface area contributed by atoms with Crippen LogP contribution in [0.3, 0.4) is 0 Å². The lowest BCUT2D eigenvalue weighted by Crippen LogP contribution is -2.15. The second-order valence-corrected chi connectivity index (χ2v) is 7.24. The summed E-state index contributed by atoms with van der Waals surface area (Å²) in [5, 5.41) is 0.819. The number of esters is 1. The number of aromatic nitrogens is 1. The first-order valence-corrected chi connectivity index (χ1v) is 9.49. The molecule has 152 valence electrons. The number of rotatable bonds is 8. The quantitative estimate of drug-likeness (QED) is 0.447. The normalized spacial score (nSPS) is 10.9. The van der Waals surface area contributed by atoms with Crippen LogP contribution < -0.4 is 9.47 Å². The van der Waals surface area contributed by atoms with Gasteiger partial charge in [-0.2, -0.15) is 0 Å². The molecule has 1 aromatic heterocycles. The van der Waals surface area contributed by atoms with Gasteiger partial charge in [-0.25, -0.2) is 4.79 Å². The molecule has 0 spiro atoms. The SMILES string of the molecule is COc1cc(C(=O)OCC(=O)c2c(C)[nH]c3ccccc23)ccc1OCC(C)C. The molecule has 0 aliphatic carbocycles. The van der Waals surface area contributed by atoms with Gasteiger partial charge in [-0.05, 0) is 37.1 Å². The molecule has 0 radical (unpaired) electrons. The van der Waals surface area contributed by atoms with Crippen molar-refractivity contribution < 1.29 is 23.8 Å². The molecule has 2 aromatic carbocycles. The van der Waals surface area contributed by atoms with Crippen molar-refractivity contribution in [2.24, 2.45) is 5.92 Å². The van der Waals surface area contributed by atoms with Gasteiger partial charge in [-0.1, -0.05) is 32.0 Å². The summed E-state index contributed by atoms with van der Waals surface area (Å²) in [6, 6.07) is 12.4. The molecular weight excluding hydrogens is 370 g/mol. The zero-order chi connectivity index (χ0) is 21.0. The zero-order valence-corrected chi connectivity index (χ0v) is 17.1. The summed E-state index contributed by atoms with van der Waals surface area (Å²) < 4.78 is 16.3. The number of hydrogen-bond acceptors (Lipinski definition) is 5. The molecular formula is C23H25NO5. The average molecular weight is 395 g/mol. The Balaban J connectivity index is 1.70. The van der Waals surface area contributed by atoms with Gasteiger partial charge in [0.05, 0.1) is 19.3 Å². The molecule has 0 bridgehead atoms. The number of ether oxygens (including phenoxy) is 3. The van der Waals surface area contributed by atoms with Gasteiger partial charge in [0.2, 0.25) is 5.78 Å². The van der Waals surface area contributed by atoms with Crippen molar-refractivity contribution in [3.05, 3.63) is 59.3 Å². The summed E-state index contributed by atoms with van der Waals surface area (Å²) in [4.78, 5) is 28.3. The van der Waals surface area contributed by atoms with Crippen LogP contribution in [0.25, 0.3) is 10.9 Å². The Hall–Kier alpha value is -3.28. The molecule has 0 amide bonds. The molecule has 0 saturated heterocycles. The fourth-order valence-corrected chi connectivity index (χ4v) is 3.09. The first-order valence-electron chi connectivity index (χ1n) is 9.49. The monoisotopic (exact) mass is 395 g/mol. The Morgan fingerprint density at radius 2 is 1.83 bits per heavy atom. The maximum absolute atomic E-state index is 12.7. The van der Waals surface area contributed by atoms with E-state index in [4.69, 9.17) is 14.2 Å². The largest absolute Gasteiger partial charge is 0.493 e. The number of H-pyrrole nitrogens is 1. The number of aryl methyl sites for hydroxylation is 1. The number of carbonyl (C=O) groups excluding carboxylic acids is 2. The van der Waals surface area contributed by atoms with Crippen LogP contribution in [0.4, 0.5) is 0 Å². The van der Waals surface area contributed by atoms with Crippen molar-refractivity contribution in [2.45, 2.75) is 20.8 Å². The maximum atomic E-state index is 12.7. The number of carbonyl (C=O) groups is 2. The number of methoxy groups -OCH3 is 1. The predicted octanol–water partition coefficient (Wildman–Crippen LogP) is 4.56. The fourth-order valence-electron chi connectivity index (χ4n) is 3.09. The van der Waals surface area contributed by atoms with E-state index in [1.165, 1.54) is 7.11 Å². The Morgan fingerprint density at radius 1 is 1.07 bits per heavy atom. The van der Waals surface area contributed by atoms with Gasteiger partial charge < -0.3 is 19.2 Å². The molecule has 0 atom stereocenters. The lowest BCUT2D eigenvalue weighted by Gasteiger charge is -2.13. The molecule has 6 nitrogen and oxygen atoms in total. The summed E-state index contributed by atoms with van der Waals surface area (Å²) in [5.74, 6) is 0.521. The summed E-state index contributed by atoms with van der Waals surface area (Å²) in [7, 11) is 1.51. The lowest BCUT2D eigenvalue weighted by atomic mass is 10.1. The Labute approximate surface area is 169 Å². The maximum Gasteiger partial charge on any atom is 0.338 e. The van der Waals surface area contributed by atoms with Gasteiger partial charge in [0.15, 0.2) is 18.1 Å². The molecule has 6 heteroatoms. The number of ketones is 1. The van der Waals surface area contributed by atoms with Crippen molar-refractivity contribution in [3.8, 4) is 11.5 Å². The van der Waals surface area contributed by atoms with Crippen LogP contribution >= 0.6 is 0 Å². The third-order valence-electron chi connectivity index (χ3n) is 4.48. The van der Waals surface area contributed by atoms with Gasteiger partial charge in [0.1, 0.15) is 0 Å². The second kappa shape index (κ2) is 8.82. The third-order valence-corrected chi connectivity index (χ3v) is 4.48. The van der Waals surface area contributed by atoms with E-state index in [1.54, 1.807) is 18.2 Å². The first-order chi connectivity index (χ1) is 13.9. The van der Waals surface area contributed by atoms with Crippen molar-refractivity contribution in [1.82, 2.24) is 4.98 Å². The smallest absolute Gasteiger partial charge is 0.338 e. The van der Waals surface area contributed by atoms with Crippen LogP contribution in [0.15, 0.2) is 42.5 Å². The highest BCUT2D eigenvalue weighted by Crippen LogP contribution is 2.29. The molecule has 3 aromatic rings. The molecule has 0 unspecified atom stereocenters. The highest BCUT2D eigenvalue weighted by Gasteiger charge is 2.19. The number of fused-ring (bicyclic) bond motifs is 1. The number of Topliss-reactive ketones (excluding diaryl/α,β-unsaturated/α-hetero) is 1. The van der Waals surface area contributed by atoms with E-state index in [1.807, 2.05) is 45.0 Å². The Kier molecular flexibility index (Phi) is 6.22. The minimum atomic E-state index is -0.593. The van der Waals surface area contributed by atoms with Crippen molar-refractivity contribution in [2.75, 3.05) is 20.3 Å². The number of benzene rings is 2. The van der Waals surface area contributed by atoms with Crippen molar-refractivity contribution >= 4 is 22.7 Å². The van der Waals surface area contributed by atoms with E-state index in [-0.39, 0.29) is 12.4 Å². The number of hydrogen-bond donors (Lipinski definition) is 1. The minimum Gasteiger partial charge on any atom is -0.493 e. The van der Waals surface area contributed by atoms with Gasteiger partial charge in [0, 0.05) is 22.2 Å². The van der Waals surface area contributed by atoms with E-state index in [0.717, 1.165) is 16.6 Å². The van der Waals surface area contributed by atoms with Crippen LogP contribution in [0.5, 0.6) is 11.5 Å². The van der Waals surface area contributed by atoms with Crippen LogP contribution in [-0.2, 0) is 4.74 Å². The van der Waals surface area contributed by atoms with Crippen LogP contribution in [-0.4, -0.2) is 37.1 Å². The molecule has 0 fully saturated rings.